The number of nitrogens with zero attached hydrogens (tertiary/aromatic N) is 1. The van der Waals surface area contributed by atoms with E-state index in [0.29, 0.717) is 23.1 Å². The molecule has 0 amide bonds. The van der Waals surface area contributed by atoms with E-state index in [4.69, 9.17) is 28.3 Å². The Morgan fingerprint density at radius 2 is 1.74 bits per heavy atom. The Labute approximate surface area is 170 Å². The first-order chi connectivity index (χ1) is 13.2. The number of aliphatic hydroxyl groups is 1. The fourth-order valence-electron chi connectivity index (χ4n) is 3.19. The van der Waals surface area contributed by atoms with E-state index in [2.05, 4.69) is 45.7 Å². The van der Waals surface area contributed by atoms with Crippen LogP contribution in [0.1, 0.15) is 17.5 Å². The molecule has 3 aromatic rings. The van der Waals surface area contributed by atoms with E-state index in [0.717, 1.165) is 31.6 Å². The lowest BCUT2D eigenvalue weighted by Crippen LogP contribution is -2.23. The van der Waals surface area contributed by atoms with E-state index in [-0.39, 0.29) is 6.61 Å². The lowest BCUT2D eigenvalue weighted by atomic mass is 10.2. The molecule has 0 radical (unpaired) electrons. The molecule has 4 nitrogen and oxygen atoms in total. The van der Waals surface area contributed by atoms with Gasteiger partial charge in [-0.05, 0) is 48.8 Å². The molecule has 3 N–H and O–H groups in total. The van der Waals surface area contributed by atoms with Crippen LogP contribution in [0.2, 0.25) is 10.0 Å². The number of rotatable bonds is 10. The van der Waals surface area contributed by atoms with Crippen LogP contribution in [0.25, 0.3) is 10.9 Å². The SMILES string of the molecule is OCCNCCCNCc1cn(Cc2ccc(Cl)cc2Cl)c2ccccc12. The Hall–Kier alpha value is -1.56. The number of halogens is 2. The Morgan fingerprint density at radius 3 is 2.56 bits per heavy atom. The topological polar surface area (TPSA) is 49.2 Å². The van der Waals surface area contributed by atoms with E-state index >= 15 is 0 Å². The number of aliphatic hydroxyl groups excluding tert-OH is 1. The van der Waals surface area contributed by atoms with Gasteiger partial charge in [-0.2, -0.15) is 0 Å². The molecule has 27 heavy (non-hydrogen) atoms. The van der Waals surface area contributed by atoms with Gasteiger partial charge >= 0.3 is 0 Å². The Kier molecular flexibility index (Phi) is 7.56. The fraction of sp³-hybridized carbons (Fsp3) is 0.333. The summed E-state index contributed by atoms with van der Waals surface area (Å²) in [4.78, 5) is 0. The van der Waals surface area contributed by atoms with Crippen molar-refractivity contribution in [1.29, 1.82) is 0 Å². The van der Waals surface area contributed by atoms with Crippen molar-refractivity contribution in [2.45, 2.75) is 19.5 Å². The average molecular weight is 406 g/mol. The van der Waals surface area contributed by atoms with Gasteiger partial charge in [0.15, 0.2) is 0 Å². The number of para-hydroxylation sites is 1. The summed E-state index contributed by atoms with van der Waals surface area (Å²) in [6, 6.07) is 14.1. The maximum absolute atomic E-state index is 8.76. The van der Waals surface area contributed by atoms with Crippen LogP contribution in [0.5, 0.6) is 0 Å². The highest BCUT2D eigenvalue weighted by Gasteiger charge is 2.10. The second-order valence-corrected chi connectivity index (χ2v) is 7.38. The van der Waals surface area contributed by atoms with Crippen LogP contribution in [0.4, 0.5) is 0 Å². The molecule has 0 unspecified atom stereocenters. The normalized spacial score (nSPS) is 11.4. The first-order valence-electron chi connectivity index (χ1n) is 9.22. The van der Waals surface area contributed by atoms with E-state index in [1.807, 2.05) is 12.1 Å². The molecule has 0 aliphatic carbocycles. The average Bonchev–Trinajstić information content (AvgIpc) is 3.01. The summed E-state index contributed by atoms with van der Waals surface area (Å²) in [7, 11) is 0. The van der Waals surface area contributed by atoms with E-state index in [9.17, 15) is 0 Å². The van der Waals surface area contributed by atoms with Crippen LogP contribution in [-0.2, 0) is 13.1 Å². The molecule has 1 heterocycles. The number of hydrogen-bond donors (Lipinski definition) is 3. The maximum atomic E-state index is 8.76. The summed E-state index contributed by atoms with van der Waals surface area (Å²) in [6.07, 6.45) is 3.23. The lowest BCUT2D eigenvalue weighted by Gasteiger charge is -2.08. The molecular formula is C21H25Cl2N3O. The Balaban J connectivity index is 1.68. The quantitative estimate of drug-likeness (QED) is 0.445. The second-order valence-electron chi connectivity index (χ2n) is 6.54. The number of benzene rings is 2. The molecule has 0 saturated carbocycles. The van der Waals surface area contributed by atoms with Crippen LogP contribution >= 0.6 is 23.2 Å². The molecule has 3 rings (SSSR count). The van der Waals surface area contributed by atoms with Crippen LogP contribution in [0.15, 0.2) is 48.7 Å². The Bertz CT molecular complexity index is 879. The number of nitrogens with one attached hydrogen (secondary N) is 2. The molecular weight excluding hydrogens is 381 g/mol. The summed E-state index contributed by atoms with van der Waals surface area (Å²) in [6.45, 7) is 4.21. The molecule has 2 aromatic carbocycles. The van der Waals surface area contributed by atoms with E-state index < -0.39 is 0 Å². The van der Waals surface area contributed by atoms with Gasteiger partial charge in [-0.15, -0.1) is 0 Å². The number of fused-ring (bicyclic) bond motifs is 1. The molecule has 0 atom stereocenters. The van der Waals surface area contributed by atoms with Crippen molar-refractivity contribution >= 4 is 34.1 Å². The minimum atomic E-state index is 0.185. The summed E-state index contributed by atoms with van der Waals surface area (Å²) >= 11 is 12.4. The van der Waals surface area contributed by atoms with Gasteiger partial charge in [0, 0.05) is 46.8 Å². The Morgan fingerprint density at radius 1 is 0.926 bits per heavy atom. The van der Waals surface area contributed by atoms with Gasteiger partial charge in [-0.25, -0.2) is 0 Å². The summed E-state index contributed by atoms with van der Waals surface area (Å²) < 4.78 is 2.24. The smallest absolute Gasteiger partial charge is 0.0555 e. The van der Waals surface area contributed by atoms with Gasteiger partial charge in [0.2, 0.25) is 0 Å². The van der Waals surface area contributed by atoms with Gasteiger partial charge in [0.05, 0.1) is 6.61 Å². The van der Waals surface area contributed by atoms with Crippen molar-refractivity contribution in [3.8, 4) is 0 Å². The van der Waals surface area contributed by atoms with Crippen LogP contribution in [0.3, 0.4) is 0 Å². The highest BCUT2D eigenvalue weighted by Crippen LogP contribution is 2.26. The zero-order valence-corrected chi connectivity index (χ0v) is 16.7. The van der Waals surface area contributed by atoms with Crippen molar-refractivity contribution in [1.82, 2.24) is 15.2 Å². The van der Waals surface area contributed by atoms with Crippen molar-refractivity contribution in [3.05, 3.63) is 69.8 Å². The summed E-state index contributed by atoms with van der Waals surface area (Å²) in [5.41, 5.74) is 3.53. The fourth-order valence-corrected chi connectivity index (χ4v) is 3.66. The molecule has 144 valence electrons. The van der Waals surface area contributed by atoms with Crippen LogP contribution < -0.4 is 10.6 Å². The van der Waals surface area contributed by atoms with Crippen LogP contribution in [0, 0.1) is 0 Å². The molecule has 1 aromatic heterocycles. The molecule has 0 aliphatic heterocycles. The maximum Gasteiger partial charge on any atom is 0.0555 e. The third kappa shape index (κ3) is 5.47. The minimum absolute atomic E-state index is 0.185. The third-order valence-electron chi connectivity index (χ3n) is 4.54. The van der Waals surface area contributed by atoms with Gasteiger partial charge in [-0.3, -0.25) is 0 Å². The van der Waals surface area contributed by atoms with Gasteiger partial charge in [0.25, 0.3) is 0 Å². The summed E-state index contributed by atoms with van der Waals surface area (Å²) in [5.74, 6) is 0. The van der Waals surface area contributed by atoms with Crippen molar-refractivity contribution < 1.29 is 5.11 Å². The zero-order chi connectivity index (χ0) is 19.1. The molecule has 0 fully saturated rings. The monoisotopic (exact) mass is 405 g/mol. The highest BCUT2D eigenvalue weighted by atomic mass is 35.5. The number of hydrogen-bond acceptors (Lipinski definition) is 3. The molecule has 0 saturated heterocycles. The predicted molar refractivity (Wildman–Crippen MR) is 114 cm³/mol. The van der Waals surface area contributed by atoms with Crippen LogP contribution in [-0.4, -0.2) is 35.9 Å². The lowest BCUT2D eigenvalue weighted by molar-refractivity contribution is 0.292. The summed E-state index contributed by atoms with van der Waals surface area (Å²) in [5, 5.41) is 18.1. The van der Waals surface area contributed by atoms with Crippen molar-refractivity contribution in [2.24, 2.45) is 0 Å². The van der Waals surface area contributed by atoms with E-state index in [1.54, 1.807) is 6.07 Å². The molecule has 0 bridgehead atoms. The second kappa shape index (κ2) is 10.1. The highest BCUT2D eigenvalue weighted by molar-refractivity contribution is 6.35. The molecule has 0 spiro atoms. The standard InChI is InChI=1S/C21H25Cl2N3O/c22-18-7-6-16(20(23)12-18)14-26-15-17(19-4-1-2-5-21(19)26)13-25-9-3-8-24-10-11-27/h1-2,4-7,12,15,24-25,27H,3,8-11,13-14H2. The van der Waals surface area contributed by atoms with Crippen molar-refractivity contribution in [2.75, 3.05) is 26.2 Å². The van der Waals surface area contributed by atoms with E-state index in [1.165, 1.54) is 16.5 Å². The third-order valence-corrected chi connectivity index (χ3v) is 5.12. The molecule has 0 aliphatic rings. The van der Waals surface area contributed by atoms with Gasteiger partial charge in [-0.1, -0.05) is 47.5 Å². The largest absolute Gasteiger partial charge is 0.395 e. The minimum Gasteiger partial charge on any atom is -0.395 e. The first kappa shape index (κ1) is 20.2. The number of aromatic nitrogens is 1. The van der Waals surface area contributed by atoms with Crippen molar-refractivity contribution in [3.63, 3.8) is 0 Å². The molecule has 6 heteroatoms. The first-order valence-corrected chi connectivity index (χ1v) is 9.97. The van der Waals surface area contributed by atoms with Gasteiger partial charge in [0.1, 0.15) is 0 Å². The predicted octanol–water partition coefficient (Wildman–Crippen LogP) is 4.06. The van der Waals surface area contributed by atoms with Gasteiger partial charge < -0.3 is 20.3 Å². The zero-order valence-electron chi connectivity index (χ0n) is 15.2.